The van der Waals surface area contributed by atoms with Crippen molar-refractivity contribution in [3.05, 3.63) is 0 Å². The molecule has 1 aliphatic rings. The predicted molar refractivity (Wildman–Crippen MR) is 56.3 cm³/mol. The molecule has 4 heteroatoms. The van der Waals surface area contributed by atoms with E-state index in [2.05, 4.69) is 6.92 Å². The van der Waals surface area contributed by atoms with Gasteiger partial charge < -0.3 is 9.64 Å². The zero-order chi connectivity index (χ0) is 10.8. The summed E-state index contributed by atoms with van der Waals surface area (Å²) < 4.78 is 5.77. The van der Waals surface area contributed by atoms with Crippen LogP contribution >= 0.6 is 11.6 Å². The van der Waals surface area contributed by atoms with Crippen molar-refractivity contribution in [1.29, 1.82) is 0 Å². The molecule has 14 heavy (non-hydrogen) atoms. The fourth-order valence-corrected chi connectivity index (χ4v) is 2.22. The Bertz CT molecular complexity index is 222. The lowest BCUT2D eigenvalue weighted by molar-refractivity contribution is -0.146. The minimum atomic E-state index is -0.444. The van der Waals surface area contributed by atoms with Gasteiger partial charge in [-0.1, -0.05) is 13.3 Å². The number of ether oxygens (including phenoxy) is 1. The van der Waals surface area contributed by atoms with Gasteiger partial charge in [0.15, 0.2) is 0 Å². The largest absolute Gasteiger partial charge is 0.351 e. The van der Waals surface area contributed by atoms with Gasteiger partial charge in [-0.15, -0.1) is 11.6 Å². The van der Waals surface area contributed by atoms with Crippen molar-refractivity contribution in [2.24, 2.45) is 0 Å². The molecule has 1 rings (SSSR count). The predicted octanol–water partition coefficient (Wildman–Crippen LogP) is 1.99. The second kappa shape index (κ2) is 4.49. The fraction of sp³-hybridized carbons (Fsp3) is 0.900. The SMILES string of the molecule is CCCC1(C)OC(C)CN1C(=O)CCl. The van der Waals surface area contributed by atoms with Gasteiger partial charge in [-0.3, -0.25) is 4.79 Å². The molecule has 82 valence electrons. The van der Waals surface area contributed by atoms with Crippen LogP contribution in [0.5, 0.6) is 0 Å². The van der Waals surface area contributed by atoms with Crippen LogP contribution in [-0.4, -0.2) is 35.1 Å². The van der Waals surface area contributed by atoms with E-state index in [0.717, 1.165) is 12.8 Å². The molecule has 0 radical (unpaired) electrons. The molecule has 1 amide bonds. The Kier molecular flexibility index (Phi) is 3.78. The Morgan fingerprint density at radius 1 is 1.71 bits per heavy atom. The van der Waals surface area contributed by atoms with Crippen LogP contribution in [0, 0.1) is 0 Å². The lowest BCUT2D eigenvalue weighted by Gasteiger charge is -2.33. The molecular formula is C10H18ClNO2. The minimum absolute atomic E-state index is 0.0352. The molecule has 0 bridgehead atoms. The van der Waals surface area contributed by atoms with Crippen LogP contribution in [0.1, 0.15) is 33.6 Å². The van der Waals surface area contributed by atoms with E-state index >= 15 is 0 Å². The standard InChI is InChI=1S/C10H18ClNO2/c1-4-5-10(3)12(9(13)6-11)7-8(2)14-10/h8H,4-7H2,1-3H3. The Morgan fingerprint density at radius 3 is 2.86 bits per heavy atom. The first kappa shape index (κ1) is 11.8. The molecular weight excluding hydrogens is 202 g/mol. The molecule has 0 N–H and O–H groups in total. The summed E-state index contributed by atoms with van der Waals surface area (Å²) in [5.74, 6) is 0.00187. The average molecular weight is 220 g/mol. The number of hydrogen-bond donors (Lipinski definition) is 0. The van der Waals surface area contributed by atoms with Crippen molar-refractivity contribution in [3.8, 4) is 0 Å². The van der Waals surface area contributed by atoms with E-state index in [0.29, 0.717) is 6.54 Å². The number of amides is 1. The Hall–Kier alpha value is -0.280. The number of halogens is 1. The second-order valence-corrected chi connectivity index (χ2v) is 4.26. The maximum Gasteiger partial charge on any atom is 0.239 e. The summed E-state index contributed by atoms with van der Waals surface area (Å²) in [6.07, 6.45) is 1.97. The van der Waals surface area contributed by atoms with Crippen LogP contribution in [0.25, 0.3) is 0 Å². The smallest absolute Gasteiger partial charge is 0.239 e. The summed E-state index contributed by atoms with van der Waals surface area (Å²) in [5, 5.41) is 0. The quantitative estimate of drug-likeness (QED) is 0.680. The van der Waals surface area contributed by atoms with Crippen molar-refractivity contribution in [2.45, 2.75) is 45.4 Å². The molecule has 1 aliphatic heterocycles. The average Bonchev–Trinajstić information content (AvgIpc) is 2.41. The van der Waals surface area contributed by atoms with Gasteiger partial charge in [0.1, 0.15) is 11.6 Å². The molecule has 1 heterocycles. The van der Waals surface area contributed by atoms with E-state index in [4.69, 9.17) is 16.3 Å². The first-order valence-electron chi connectivity index (χ1n) is 5.07. The van der Waals surface area contributed by atoms with E-state index in [1.807, 2.05) is 13.8 Å². The lowest BCUT2D eigenvalue weighted by atomic mass is 10.1. The number of nitrogens with zero attached hydrogens (tertiary/aromatic N) is 1. The highest BCUT2D eigenvalue weighted by Gasteiger charge is 2.42. The van der Waals surface area contributed by atoms with Crippen LogP contribution in [0.15, 0.2) is 0 Å². The van der Waals surface area contributed by atoms with Gasteiger partial charge in [-0.2, -0.15) is 0 Å². The number of carbonyl (C=O) groups is 1. The van der Waals surface area contributed by atoms with Crippen molar-refractivity contribution in [2.75, 3.05) is 12.4 Å². The Balaban J connectivity index is 2.76. The molecule has 0 aliphatic carbocycles. The molecule has 0 saturated carbocycles. The highest BCUT2D eigenvalue weighted by atomic mass is 35.5. The molecule has 0 aromatic rings. The van der Waals surface area contributed by atoms with Gasteiger partial charge in [0.2, 0.25) is 5.91 Å². The molecule has 0 spiro atoms. The van der Waals surface area contributed by atoms with Gasteiger partial charge in [-0.25, -0.2) is 0 Å². The third kappa shape index (κ3) is 2.20. The van der Waals surface area contributed by atoms with Gasteiger partial charge >= 0.3 is 0 Å². The molecule has 3 nitrogen and oxygen atoms in total. The van der Waals surface area contributed by atoms with Crippen LogP contribution in [0.4, 0.5) is 0 Å². The zero-order valence-corrected chi connectivity index (χ0v) is 9.80. The highest BCUT2D eigenvalue weighted by molar-refractivity contribution is 6.27. The Labute approximate surface area is 90.4 Å². The summed E-state index contributed by atoms with van der Waals surface area (Å²) >= 11 is 5.56. The third-order valence-corrected chi connectivity index (χ3v) is 2.82. The Morgan fingerprint density at radius 2 is 2.36 bits per heavy atom. The maximum atomic E-state index is 11.6. The zero-order valence-electron chi connectivity index (χ0n) is 9.05. The van der Waals surface area contributed by atoms with E-state index < -0.39 is 5.72 Å². The molecule has 0 aromatic carbocycles. The van der Waals surface area contributed by atoms with Crippen molar-refractivity contribution in [1.82, 2.24) is 4.90 Å². The van der Waals surface area contributed by atoms with E-state index in [9.17, 15) is 4.79 Å². The first-order chi connectivity index (χ1) is 6.53. The maximum absolute atomic E-state index is 11.6. The second-order valence-electron chi connectivity index (χ2n) is 3.99. The topological polar surface area (TPSA) is 29.5 Å². The van der Waals surface area contributed by atoms with E-state index in [1.54, 1.807) is 4.90 Å². The van der Waals surface area contributed by atoms with Crippen molar-refractivity contribution >= 4 is 17.5 Å². The monoisotopic (exact) mass is 219 g/mol. The number of rotatable bonds is 3. The van der Waals surface area contributed by atoms with Crippen LogP contribution in [-0.2, 0) is 9.53 Å². The molecule has 0 aromatic heterocycles. The third-order valence-electron chi connectivity index (χ3n) is 2.59. The highest BCUT2D eigenvalue weighted by Crippen LogP contribution is 2.31. The van der Waals surface area contributed by atoms with Gasteiger partial charge in [-0.05, 0) is 20.3 Å². The summed E-state index contributed by atoms with van der Waals surface area (Å²) in [5.41, 5.74) is -0.444. The number of hydrogen-bond acceptors (Lipinski definition) is 2. The minimum Gasteiger partial charge on any atom is -0.351 e. The normalized spacial score (nSPS) is 32.3. The summed E-state index contributed by atoms with van der Waals surface area (Å²) in [7, 11) is 0. The van der Waals surface area contributed by atoms with Crippen molar-refractivity contribution < 1.29 is 9.53 Å². The van der Waals surface area contributed by atoms with Crippen LogP contribution < -0.4 is 0 Å². The number of alkyl halides is 1. The van der Waals surface area contributed by atoms with Crippen LogP contribution in [0.2, 0.25) is 0 Å². The lowest BCUT2D eigenvalue weighted by Crippen LogP contribution is -2.46. The molecule has 2 atom stereocenters. The fourth-order valence-electron chi connectivity index (χ4n) is 2.08. The van der Waals surface area contributed by atoms with Crippen molar-refractivity contribution in [3.63, 3.8) is 0 Å². The van der Waals surface area contributed by atoms with E-state index in [1.165, 1.54) is 0 Å². The summed E-state index contributed by atoms with van der Waals surface area (Å²) in [4.78, 5) is 13.3. The van der Waals surface area contributed by atoms with Gasteiger partial charge in [0.25, 0.3) is 0 Å². The summed E-state index contributed by atoms with van der Waals surface area (Å²) in [6, 6.07) is 0. The number of carbonyl (C=O) groups excluding carboxylic acids is 1. The van der Waals surface area contributed by atoms with Gasteiger partial charge in [0, 0.05) is 6.54 Å². The molecule has 1 saturated heterocycles. The molecule has 2 unspecified atom stereocenters. The van der Waals surface area contributed by atoms with E-state index in [-0.39, 0.29) is 17.9 Å². The first-order valence-corrected chi connectivity index (χ1v) is 5.61. The molecule has 1 fully saturated rings. The van der Waals surface area contributed by atoms with Gasteiger partial charge in [0.05, 0.1) is 6.10 Å². The summed E-state index contributed by atoms with van der Waals surface area (Å²) in [6.45, 7) is 6.68. The van der Waals surface area contributed by atoms with Crippen LogP contribution in [0.3, 0.4) is 0 Å².